The summed E-state index contributed by atoms with van der Waals surface area (Å²) in [5.74, 6) is -0.867. The molecule has 26 heavy (non-hydrogen) atoms. The molecule has 0 bridgehead atoms. The van der Waals surface area contributed by atoms with Gasteiger partial charge in [-0.3, -0.25) is 9.59 Å². The minimum Gasteiger partial charge on any atom is -0.482 e. The van der Waals surface area contributed by atoms with Crippen molar-refractivity contribution < 1.29 is 24.2 Å². The Kier molecular flexibility index (Phi) is 6.16. The Bertz CT molecular complexity index is 821. The molecule has 138 valence electrons. The number of benzene rings is 1. The van der Waals surface area contributed by atoms with Crippen LogP contribution in [0.4, 0.5) is 0 Å². The van der Waals surface area contributed by atoms with Crippen molar-refractivity contribution in [2.45, 2.75) is 27.2 Å². The van der Waals surface area contributed by atoms with Crippen molar-refractivity contribution in [3.8, 4) is 5.75 Å². The van der Waals surface area contributed by atoms with Crippen LogP contribution in [-0.2, 0) is 11.2 Å². The highest BCUT2D eigenvalue weighted by Crippen LogP contribution is 2.18. The van der Waals surface area contributed by atoms with Gasteiger partial charge < -0.3 is 20.1 Å². The summed E-state index contributed by atoms with van der Waals surface area (Å²) in [4.78, 5) is 37.4. The van der Waals surface area contributed by atoms with Gasteiger partial charge in [0.15, 0.2) is 12.4 Å². The third-order valence-corrected chi connectivity index (χ3v) is 4.00. The molecule has 7 heteroatoms. The molecule has 0 aliphatic carbocycles. The lowest BCUT2D eigenvalue weighted by Crippen LogP contribution is -2.26. The SMILES string of the molecule is CC(=O)c1c(C)[nH]c(C(=O)NCCc2ccc(OCC(=O)O)cc2)c1C. The van der Waals surface area contributed by atoms with Crippen LogP contribution in [0.15, 0.2) is 24.3 Å². The van der Waals surface area contributed by atoms with Gasteiger partial charge in [-0.2, -0.15) is 0 Å². The summed E-state index contributed by atoms with van der Waals surface area (Å²) in [6.45, 7) is 5.06. The van der Waals surface area contributed by atoms with Crippen LogP contribution in [0.2, 0.25) is 0 Å². The Morgan fingerprint density at radius 2 is 1.81 bits per heavy atom. The topological polar surface area (TPSA) is 108 Å². The van der Waals surface area contributed by atoms with Gasteiger partial charge in [0.1, 0.15) is 11.4 Å². The summed E-state index contributed by atoms with van der Waals surface area (Å²) >= 11 is 0. The molecule has 0 saturated heterocycles. The predicted octanol–water partition coefficient (Wildman–Crippen LogP) is 2.27. The van der Waals surface area contributed by atoms with E-state index in [2.05, 4.69) is 10.3 Å². The van der Waals surface area contributed by atoms with Gasteiger partial charge in [0.2, 0.25) is 0 Å². The first-order valence-corrected chi connectivity index (χ1v) is 8.21. The van der Waals surface area contributed by atoms with Crippen molar-refractivity contribution >= 4 is 17.7 Å². The third-order valence-electron chi connectivity index (χ3n) is 4.00. The summed E-state index contributed by atoms with van der Waals surface area (Å²) in [5, 5.41) is 11.4. The number of aromatic nitrogens is 1. The second kappa shape index (κ2) is 8.33. The van der Waals surface area contributed by atoms with Crippen molar-refractivity contribution in [1.82, 2.24) is 10.3 Å². The molecule has 0 atom stereocenters. The van der Waals surface area contributed by atoms with Crippen LogP contribution >= 0.6 is 0 Å². The largest absolute Gasteiger partial charge is 0.482 e. The van der Waals surface area contributed by atoms with E-state index in [1.807, 2.05) is 12.1 Å². The van der Waals surface area contributed by atoms with E-state index in [0.29, 0.717) is 41.2 Å². The van der Waals surface area contributed by atoms with E-state index in [1.54, 1.807) is 26.0 Å². The van der Waals surface area contributed by atoms with Gasteiger partial charge in [-0.1, -0.05) is 12.1 Å². The Balaban J connectivity index is 1.90. The number of aryl methyl sites for hydroxylation is 1. The van der Waals surface area contributed by atoms with Crippen LogP contribution < -0.4 is 10.1 Å². The number of carboxylic acids is 1. The van der Waals surface area contributed by atoms with E-state index in [1.165, 1.54) is 6.92 Å². The Morgan fingerprint density at radius 3 is 2.35 bits per heavy atom. The molecule has 1 aromatic heterocycles. The standard InChI is InChI=1S/C19H22N2O5/c1-11-17(13(3)22)12(2)21-18(11)19(25)20-9-8-14-4-6-15(7-5-14)26-10-16(23)24/h4-7,21H,8-10H2,1-3H3,(H,20,25)(H,23,24). The molecule has 0 radical (unpaired) electrons. The molecule has 2 rings (SSSR count). The number of hydrogen-bond donors (Lipinski definition) is 3. The van der Waals surface area contributed by atoms with E-state index in [4.69, 9.17) is 9.84 Å². The minimum absolute atomic E-state index is 0.0690. The molecule has 0 saturated carbocycles. The lowest BCUT2D eigenvalue weighted by atomic mass is 10.1. The summed E-state index contributed by atoms with van der Waals surface area (Å²) in [6.07, 6.45) is 0.614. The zero-order valence-electron chi connectivity index (χ0n) is 15.0. The van der Waals surface area contributed by atoms with Gasteiger partial charge in [0.05, 0.1) is 0 Å². The normalized spacial score (nSPS) is 10.4. The van der Waals surface area contributed by atoms with E-state index in [-0.39, 0.29) is 18.3 Å². The maximum Gasteiger partial charge on any atom is 0.341 e. The molecular weight excluding hydrogens is 336 g/mol. The van der Waals surface area contributed by atoms with Gasteiger partial charge in [-0.15, -0.1) is 0 Å². The lowest BCUT2D eigenvalue weighted by molar-refractivity contribution is -0.139. The summed E-state index contributed by atoms with van der Waals surface area (Å²) < 4.78 is 5.07. The van der Waals surface area contributed by atoms with Crippen LogP contribution in [-0.4, -0.2) is 40.9 Å². The lowest BCUT2D eigenvalue weighted by Gasteiger charge is -2.07. The summed E-state index contributed by atoms with van der Waals surface area (Å²) in [6, 6.07) is 7.03. The van der Waals surface area contributed by atoms with Gasteiger partial charge in [0.25, 0.3) is 5.91 Å². The first kappa shape index (κ1) is 19.2. The van der Waals surface area contributed by atoms with Gasteiger partial charge in [-0.25, -0.2) is 4.79 Å². The Hall–Kier alpha value is -3.09. The highest BCUT2D eigenvalue weighted by molar-refractivity contribution is 6.02. The van der Waals surface area contributed by atoms with E-state index < -0.39 is 5.97 Å². The number of ketones is 1. The van der Waals surface area contributed by atoms with E-state index >= 15 is 0 Å². The second-order valence-corrected chi connectivity index (χ2v) is 6.01. The molecule has 0 unspecified atom stereocenters. The van der Waals surface area contributed by atoms with Crippen LogP contribution in [0.3, 0.4) is 0 Å². The highest BCUT2D eigenvalue weighted by Gasteiger charge is 2.19. The average molecular weight is 358 g/mol. The number of ether oxygens (including phenoxy) is 1. The molecule has 0 spiro atoms. The fraction of sp³-hybridized carbons (Fsp3) is 0.316. The van der Waals surface area contributed by atoms with Crippen LogP contribution in [0, 0.1) is 13.8 Å². The minimum atomic E-state index is -1.03. The molecular formula is C19H22N2O5. The Morgan fingerprint density at radius 1 is 1.15 bits per heavy atom. The average Bonchev–Trinajstić information content (AvgIpc) is 2.88. The monoisotopic (exact) mass is 358 g/mol. The smallest absolute Gasteiger partial charge is 0.341 e. The number of nitrogens with one attached hydrogen (secondary N) is 2. The number of rotatable bonds is 8. The molecule has 0 aliphatic heterocycles. The second-order valence-electron chi connectivity index (χ2n) is 6.01. The quantitative estimate of drug-likeness (QED) is 0.627. The number of H-pyrrole nitrogens is 1. The number of carboxylic acid groups (broad SMARTS) is 1. The summed E-state index contributed by atoms with van der Waals surface area (Å²) in [5.41, 5.74) is 3.30. The fourth-order valence-electron chi connectivity index (χ4n) is 2.81. The number of aliphatic carboxylic acids is 1. The van der Waals surface area contributed by atoms with Crippen molar-refractivity contribution in [1.29, 1.82) is 0 Å². The third kappa shape index (κ3) is 4.72. The number of Topliss-reactive ketones (excluding diaryl/α,β-unsaturated/α-hetero) is 1. The zero-order valence-corrected chi connectivity index (χ0v) is 15.0. The van der Waals surface area contributed by atoms with E-state index in [0.717, 1.165) is 5.56 Å². The van der Waals surface area contributed by atoms with Crippen LogP contribution in [0.5, 0.6) is 5.75 Å². The molecule has 2 aromatic rings. The molecule has 1 heterocycles. The summed E-state index contributed by atoms with van der Waals surface area (Å²) in [7, 11) is 0. The maximum atomic E-state index is 12.3. The zero-order chi connectivity index (χ0) is 19.3. The molecule has 3 N–H and O–H groups in total. The number of aromatic amines is 1. The maximum absolute atomic E-state index is 12.3. The van der Waals surface area contributed by atoms with Crippen molar-refractivity contribution in [2.24, 2.45) is 0 Å². The number of carbonyl (C=O) groups excluding carboxylic acids is 2. The van der Waals surface area contributed by atoms with Crippen molar-refractivity contribution in [2.75, 3.05) is 13.2 Å². The van der Waals surface area contributed by atoms with Crippen LogP contribution in [0.25, 0.3) is 0 Å². The first-order chi connectivity index (χ1) is 12.3. The van der Waals surface area contributed by atoms with E-state index in [9.17, 15) is 14.4 Å². The van der Waals surface area contributed by atoms with Crippen molar-refractivity contribution in [3.63, 3.8) is 0 Å². The van der Waals surface area contributed by atoms with Crippen LogP contribution in [0.1, 0.15) is 44.6 Å². The molecule has 7 nitrogen and oxygen atoms in total. The number of amides is 1. The molecule has 0 aliphatic rings. The van der Waals surface area contributed by atoms with Gasteiger partial charge in [-0.05, 0) is 50.5 Å². The predicted molar refractivity (Wildman–Crippen MR) is 95.9 cm³/mol. The fourth-order valence-corrected chi connectivity index (χ4v) is 2.81. The number of carbonyl (C=O) groups is 3. The molecule has 1 aromatic carbocycles. The van der Waals surface area contributed by atoms with Gasteiger partial charge >= 0.3 is 5.97 Å². The number of hydrogen-bond acceptors (Lipinski definition) is 4. The highest BCUT2D eigenvalue weighted by atomic mass is 16.5. The molecule has 0 fully saturated rings. The molecule has 1 amide bonds. The first-order valence-electron chi connectivity index (χ1n) is 8.21. The Labute approximate surface area is 151 Å². The van der Waals surface area contributed by atoms with Gasteiger partial charge in [0, 0.05) is 17.8 Å². The van der Waals surface area contributed by atoms with Crippen molar-refractivity contribution in [3.05, 3.63) is 52.3 Å².